The molecule has 0 aliphatic heterocycles. The number of ether oxygens (including phenoxy) is 1. The summed E-state index contributed by atoms with van der Waals surface area (Å²) in [6.45, 7) is 1.71. The van der Waals surface area contributed by atoms with Crippen LogP contribution in [0.2, 0.25) is 0 Å². The summed E-state index contributed by atoms with van der Waals surface area (Å²) >= 11 is 1.04. The van der Waals surface area contributed by atoms with Crippen molar-refractivity contribution in [2.75, 3.05) is 12.4 Å². The maximum absolute atomic E-state index is 12.9. The fourth-order valence-electron chi connectivity index (χ4n) is 3.11. The Labute approximate surface area is 187 Å². The number of phenols is 1. The van der Waals surface area contributed by atoms with Crippen LogP contribution in [0.4, 0.5) is 16.4 Å². The van der Waals surface area contributed by atoms with E-state index in [9.17, 15) is 15.2 Å². The van der Waals surface area contributed by atoms with Gasteiger partial charge in [-0.2, -0.15) is 9.64 Å². The third-order valence-corrected chi connectivity index (χ3v) is 5.61. The Morgan fingerprint density at radius 3 is 2.66 bits per heavy atom. The second-order valence-corrected chi connectivity index (χ2v) is 7.54. The lowest BCUT2D eigenvalue weighted by Crippen LogP contribution is -2.12. The van der Waals surface area contributed by atoms with Crippen LogP contribution in [0.5, 0.6) is 11.5 Å². The second kappa shape index (κ2) is 8.83. The molecule has 8 nitrogen and oxygen atoms in total. The number of aromatic hydroxyl groups is 1. The molecule has 3 aromatic carbocycles. The zero-order valence-electron chi connectivity index (χ0n) is 17.2. The number of carbonyl (C=O) groups excluding carboxylic acids is 1. The number of rotatable bonds is 5. The minimum atomic E-state index is -0.499. The first-order valence-electron chi connectivity index (χ1n) is 9.50. The molecule has 2 N–H and O–H groups in total. The fraction of sp³-hybridized carbons (Fsp3) is 0.0870. The van der Waals surface area contributed by atoms with Crippen LogP contribution in [-0.4, -0.2) is 22.5 Å². The summed E-state index contributed by atoms with van der Waals surface area (Å²) in [5.74, 6) is -0.145. The number of amides is 1. The van der Waals surface area contributed by atoms with E-state index in [0.717, 1.165) is 11.5 Å². The number of fused-ring (bicyclic) bond motifs is 1. The normalized spacial score (nSPS) is 10.9. The van der Waals surface area contributed by atoms with E-state index in [4.69, 9.17) is 4.74 Å². The molecule has 0 radical (unpaired) electrons. The minimum Gasteiger partial charge on any atom is -0.505 e. The molecule has 0 aliphatic rings. The van der Waals surface area contributed by atoms with Gasteiger partial charge in [-0.1, -0.05) is 24.3 Å². The minimum absolute atomic E-state index is 0.0504. The molecule has 0 atom stereocenters. The zero-order chi connectivity index (χ0) is 22.7. The summed E-state index contributed by atoms with van der Waals surface area (Å²) in [7, 11) is 1.56. The zero-order valence-corrected chi connectivity index (χ0v) is 18.0. The van der Waals surface area contributed by atoms with Gasteiger partial charge in [0.2, 0.25) is 0 Å². The van der Waals surface area contributed by atoms with E-state index >= 15 is 0 Å². The molecule has 0 aliphatic carbocycles. The number of aryl methyl sites for hydroxylation is 1. The van der Waals surface area contributed by atoms with Crippen LogP contribution in [0.1, 0.15) is 21.6 Å². The number of carbonyl (C=O) groups is 1. The molecule has 32 heavy (non-hydrogen) atoms. The lowest BCUT2D eigenvalue weighted by Gasteiger charge is -2.11. The topological polar surface area (TPSA) is 120 Å². The van der Waals surface area contributed by atoms with Crippen LogP contribution in [0.15, 0.2) is 64.8 Å². The van der Waals surface area contributed by atoms with Crippen molar-refractivity contribution < 1.29 is 14.6 Å². The molecular weight excluding hydrogens is 426 g/mol. The average molecular weight is 443 g/mol. The molecule has 1 amide bonds. The van der Waals surface area contributed by atoms with Gasteiger partial charge in [0.15, 0.2) is 10.8 Å². The maximum atomic E-state index is 12.9. The highest BCUT2D eigenvalue weighted by Gasteiger charge is 2.19. The predicted molar refractivity (Wildman–Crippen MR) is 122 cm³/mol. The van der Waals surface area contributed by atoms with Gasteiger partial charge in [-0.25, -0.2) is 0 Å². The number of nitrogens with one attached hydrogen (secondary N) is 1. The first-order chi connectivity index (χ1) is 15.5. The number of hydrogen-bond donors (Lipinski definition) is 2. The van der Waals surface area contributed by atoms with Gasteiger partial charge in [-0.3, -0.25) is 4.79 Å². The van der Waals surface area contributed by atoms with E-state index < -0.39 is 5.91 Å². The molecule has 9 heteroatoms. The Hall–Kier alpha value is -4.29. The number of azo groups is 1. The molecule has 1 heterocycles. The highest BCUT2D eigenvalue weighted by atomic mass is 32.1. The van der Waals surface area contributed by atoms with Crippen LogP contribution in [-0.2, 0) is 0 Å². The van der Waals surface area contributed by atoms with Crippen LogP contribution in [0, 0.1) is 18.3 Å². The van der Waals surface area contributed by atoms with E-state index in [2.05, 4.69) is 26.0 Å². The second-order valence-electron chi connectivity index (χ2n) is 6.79. The van der Waals surface area contributed by atoms with E-state index in [1.165, 1.54) is 0 Å². The molecule has 0 saturated heterocycles. The molecule has 0 bridgehead atoms. The Balaban J connectivity index is 1.75. The number of methoxy groups -OCH3 is 1. The van der Waals surface area contributed by atoms with Gasteiger partial charge in [0.05, 0.1) is 18.4 Å². The van der Waals surface area contributed by atoms with Crippen molar-refractivity contribution in [1.82, 2.24) is 4.37 Å². The lowest BCUT2D eigenvalue weighted by molar-refractivity contribution is 0.102. The Kier molecular flexibility index (Phi) is 5.79. The van der Waals surface area contributed by atoms with Crippen molar-refractivity contribution in [1.29, 1.82) is 5.26 Å². The SMILES string of the molecule is COc1ccc(NC(=O)c2cc3ccccc3c(N=Nc3snc(C)c3C#N)c2O)cc1. The number of aromatic nitrogens is 1. The monoisotopic (exact) mass is 443 g/mol. The molecule has 0 unspecified atom stereocenters. The molecule has 1 aromatic heterocycles. The van der Waals surface area contributed by atoms with Crippen molar-refractivity contribution in [2.45, 2.75) is 6.92 Å². The Morgan fingerprint density at radius 2 is 1.94 bits per heavy atom. The molecule has 158 valence electrons. The lowest BCUT2D eigenvalue weighted by atomic mass is 10.0. The Bertz CT molecular complexity index is 1390. The predicted octanol–water partition coefficient (Wildman–Crippen LogP) is 5.86. The van der Waals surface area contributed by atoms with Crippen LogP contribution in [0.3, 0.4) is 0 Å². The van der Waals surface area contributed by atoms with E-state index in [0.29, 0.717) is 38.5 Å². The van der Waals surface area contributed by atoms with Crippen LogP contribution >= 0.6 is 11.5 Å². The summed E-state index contributed by atoms with van der Waals surface area (Å²) in [6.07, 6.45) is 0. The summed E-state index contributed by atoms with van der Waals surface area (Å²) in [5.41, 5.74) is 1.63. The third kappa shape index (κ3) is 3.99. The third-order valence-electron chi connectivity index (χ3n) is 4.79. The van der Waals surface area contributed by atoms with E-state index in [1.807, 2.05) is 12.1 Å². The molecule has 0 fully saturated rings. The molecular formula is C23H17N5O3S. The van der Waals surface area contributed by atoms with Gasteiger partial charge in [0, 0.05) is 11.1 Å². The Morgan fingerprint density at radius 1 is 1.19 bits per heavy atom. The van der Waals surface area contributed by atoms with Crippen molar-refractivity contribution in [3.8, 4) is 17.6 Å². The van der Waals surface area contributed by atoms with Gasteiger partial charge >= 0.3 is 0 Å². The van der Waals surface area contributed by atoms with Crippen LogP contribution in [0.25, 0.3) is 10.8 Å². The number of benzene rings is 3. The van der Waals surface area contributed by atoms with Crippen molar-refractivity contribution >= 4 is 44.6 Å². The fourth-order valence-corrected chi connectivity index (χ4v) is 3.79. The summed E-state index contributed by atoms with van der Waals surface area (Å²) in [5, 5.41) is 33.0. The summed E-state index contributed by atoms with van der Waals surface area (Å²) < 4.78 is 9.24. The number of anilines is 1. The highest BCUT2D eigenvalue weighted by Crippen LogP contribution is 2.40. The van der Waals surface area contributed by atoms with Gasteiger partial charge in [-0.15, -0.1) is 10.2 Å². The molecule has 0 saturated carbocycles. The van der Waals surface area contributed by atoms with E-state index in [1.54, 1.807) is 56.5 Å². The van der Waals surface area contributed by atoms with Gasteiger partial charge in [0.1, 0.15) is 23.1 Å². The quantitative estimate of drug-likeness (QED) is 0.374. The molecule has 0 spiro atoms. The first kappa shape index (κ1) is 21.0. The van der Waals surface area contributed by atoms with Crippen molar-refractivity contribution in [3.63, 3.8) is 0 Å². The smallest absolute Gasteiger partial charge is 0.259 e. The largest absolute Gasteiger partial charge is 0.505 e. The number of nitrogens with zero attached hydrogens (tertiary/aromatic N) is 4. The molecule has 4 rings (SSSR count). The number of hydrogen-bond acceptors (Lipinski definition) is 8. The standard InChI is InChI=1S/C23H17N5O3S/c1-13-19(12-24)23(32-28-13)27-26-20-17-6-4-3-5-14(17)11-18(21(20)29)22(30)25-15-7-9-16(31-2)10-8-15/h3-11,29H,1-2H3,(H,25,30). The van der Waals surface area contributed by atoms with Crippen molar-refractivity contribution in [2.24, 2.45) is 10.2 Å². The van der Waals surface area contributed by atoms with Gasteiger partial charge in [0.25, 0.3) is 5.91 Å². The van der Waals surface area contributed by atoms with Gasteiger partial charge < -0.3 is 15.2 Å². The number of phenolic OH excluding ortho intramolecular Hbond substituents is 1. The van der Waals surface area contributed by atoms with Crippen LogP contribution < -0.4 is 10.1 Å². The number of nitriles is 1. The summed E-state index contributed by atoms with van der Waals surface area (Å²) in [6, 6.07) is 17.7. The van der Waals surface area contributed by atoms with Gasteiger partial charge in [-0.05, 0) is 54.2 Å². The summed E-state index contributed by atoms with van der Waals surface area (Å²) in [4.78, 5) is 12.9. The highest BCUT2D eigenvalue weighted by molar-refractivity contribution is 7.10. The average Bonchev–Trinajstić information content (AvgIpc) is 3.17. The first-order valence-corrected chi connectivity index (χ1v) is 10.3. The van der Waals surface area contributed by atoms with E-state index in [-0.39, 0.29) is 17.0 Å². The maximum Gasteiger partial charge on any atom is 0.259 e. The molecule has 4 aromatic rings. The van der Waals surface area contributed by atoms with Crippen molar-refractivity contribution in [3.05, 3.63) is 71.4 Å².